The largest absolute Gasteiger partial charge is 0.472 e. The number of ether oxygens (including phenoxy) is 3. The predicted octanol–water partition coefficient (Wildman–Crippen LogP) is 28.8. The third kappa shape index (κ3) is 90.6. The Kier molecular flexibility index (Phi) is 86.1. The molecule has 0 bridgehead atoms. The van der Waals surface area contributed by atoms with Gasteiger partial charge in [0.25, 0.3) is 0 Å². The molecule has 16 nitrogen and oxygen atoms in total. The van der Waals surface area contributed by atoms with Gasteiger partial charge in [-0.3, -0.25) is 32.5 Å². The fourth-order valence-corrected chi connectivity index (χ4v) is 14.7. The lowest BCUT2D eigenvalue weighted by atomic mass is 10.0. The average molecular weight is 1660 g/mol. The second kappa shape index (κ2) is 89.2. The van der Waals surface area contributed by atoms with Crippen LogP contribution in [0.5, 0.6) is 0 Å². The number of carbonyl (C=O) groups excluding carboxylic acids is 3. The molecule has 115 heavy (non-hydrogen) atoms. The summed E-state index contributed by atoms with van der Waals surface area (Å²) in [6, 6.07) is 0. The molecule has 0 aromatic carbocycles. The summed E-state index contributed by atoms with van der Waals surface area (Å²) < 4.78 is 61.4. The fraction of sp³-hybridized carbons (Fsp3) is 0.763. The molecule has 18 heteroatoms. The predicted molar refractivity (Wildman–Crippen MR) is 482 cm³/mol. The van der Waals surface area contributed by atoms with Crippen molar-refractivity contribution in [1.29, 1.82) is 0 Å². The van der Waals surface area contributed by atoms with Crippen LogP contribution in [-0.2, 0) is 55.8 Å². The minimum absolute atomic E-state index is 0.107. The van der Waals surface area contributed by atoms with E-state index in [1.807, 2.05) is 0 Å². The molecule has 4 N–H and O–H groups in total. The third-order valence-corrected chi connectivity index (χ3v) is 22.1. The molecule has 0 amide bonds. The van der Waals surface area contributed by atoms with Crippen molar-refractivity contribution in [3.63, 3.8) is 0 Å². The summed E-state index contributed by atoms with van der Waals surface area (Å²) in [6.45, 7) is 2.61. The van der Waals surface area contributed by atoms with Crippen LogP contribution in [-0.4, -0.2) is 95.9 Å². The third-order valence-electron chi connectivity index (χ3n) is 20.2. The monoisotopic (exact) mass is 1660 g/mol. The molecule has 0 aromatic rings. The van der Waals surface area contributed by atoms with Gasteiger partial charge in [-0.15, -0.1) is 0 Å². The lowest BCUT2D eigenvalue weighted by Gasteiger charge is -2.21. The number of aliphatic hydroxyl groups is 2. The first kappa shape index (κ1) is 111. The molecule has 0 fully saturated rings. The van der Waals surface area contributed by atoms with Gasteiger partial charge in [0.1, 0.15) is 25.4 Å². The van der Waals surface area contributed by atoms with Crippen LogP contribution in [0, 0.1) is 0 Å². The molecule has 0 aromatic heterocycles. The number of hydrogen-bond donors (Lipinski definition) is 4. The van der Waals surface area contributed by atoms with Gasteiger partial charge in [0, 0.05) is 19.3 Å². The quantitative estimate of drug-likeness (QED) is 0.0146. The zero-order chi connectivity index (χ0) is 83.6. The molecule has 0 radical (unpaired) electrons. The van der Waals surface area contributed by atoms with Crippen molar-refractivity contribution in [3.8, 4) is 0 Å². The van der Waals surface area contributed by atoms with E-state index in [0.717, 1.165) is 135 Å². The maximum absolute atomic E-state index is 13.0. The highest BCUT2D eigenvalue weighted by molar-refractivity contribution is 7.47. The van der Waals surface area contributed by atoms with E-state index in [2.05, 4.69) is 142 Å². The lowest BCUT2D eigenvalue weighted by Crippen LogP contribution is -2.30. The van der Waals surface area contributed by atoms with Gasteiger partial charge >= 0.3 is 33.6 Å². The number of esters is 3. The van der Waals surface area contributed by atoms with Crippen molar-refractivity contribution in [2.75, 3.05) is 39.6 Å². The summed E-state index contributed by atoms with van der Waals surface area (Å²) >= 11 is 0. The minimum atomic E-state index is -4.93. The normalized spacial score (nSPS) is 14.3. The topological polar surface area (TPSA) is 231 Å². The zero-order valence-corrected chi connectivity index (χ0v) is 75.2. The molecule has 0 aliphatic carbocycles. The molecule has 0 spiro atoms. The van der Waals surface area contributed by atoms with Crippen LogP contribution in [0.15, 0.2) is 122 Å². The number of rotatable bonds is 89. The second-order valence-corrected chi connectivity index (χ2v) is 34.3. The summed E-state index contributed by atoms with van der Waals surface area (Å²) in [6.07, 6.45) is 110. The smallest absolute Gasteiger partial charge is 0.463 e. The SMILES string of the molecule is CC/C=C\C/C=C\C/C=C\C/C=C\C/C=C\C/C=C\CCCCCCCCCCCCC(=O)OCC(COP(=O)(O)OCC(O)COP(=O)(O)OCC(O)COC(=O)CCCCCCCCCCCCCCCCCCCCC/C=C\C/C=C\C/C=C\C/C=C\CCCCC)OC(=O)CCCCCCCCCCCCCCCCC. The summed E-state index contributed by atoms with van der Waals surface area (Å²) in [5, 5.41) is 20.7. The number of phosphoric ester groups is 2. The highest BCUT2D eigenvalue weighted by atomic mass is 31.2. The van der Waals surface area contributed by atoms with Gasteiger partial charge in [-0.2, -0.15) is 0 Å². The fourth-order valence-electron chi connectivity index (χ4n) is 13.1. The number of hydrogen-bond acceptors (Lipinski definition) is 14. The van der Waals surface area contributed by atoms with Gasteiger partial charge in [0.2, 0.25) is 0 Å². The van der Waals surface area contributed by atoms with Gasteiger partial charge in [-0.25, -0.2) is 9.13 Å². The first-order chi connectivity index (χ1) is 56.2. The Morgan fingerprint density at radius 3 is 0.748 bits per heavy atom. The first-order valence-corrected chi connectivity index (χ1v) is 49.8. The van der Waals surface area contributed by atoms with E-state index in [0.29, 0.717) is 19.3 Å². The van der Waals surface area contributed by atoms with Gasteiger partial charge < -0.3 is 34.2 Å². The zero-order valence-electron chi connectivity index (χ0n) is 73.4. The van der Waals surface area contributed by atoms with Crippen LogP contribution < -0.4 is 0 Å². The highest BCUT2D eigenvalue weighted by Crippen LogP contribution is 2.45. The number of aliphatic hydroxyl groups excluding tert-OH is 2. The molecule has 0 saturated carbocycles. The lowest BCUT2D eigenvalue weighted by molar-refractivity contribution is -0.161. The van der Waals surface area contributed by atoms with E-state index < -0.39 is 91.5 Å². The van der Waals surface area contributed by atoms with Crippen LogP contribution >= 0.6 is 15.6 Å². The summed E-state index contributed by atoms with van der Waals surface area (Å²) in [7, 11) is -9.79. The molecular weight excluding hydrogens is 1480 g/mol. The molecule has 0 aliphatic heterocycles. The molecule has 0 saturated heterocycles. The Morgan fingerprint density at radius 2 is 0.461 bits per heavy atom. The average Bonchev–Trinajstić information content (AvgIpc) is 0.898. The number of carbonyl (C=O) groups is 3. The Bertz CT molecular complexity index is 2570. The van der Waals surface area contributed by atoms with Crippen LogP contribution in [0.3, 0.4) is 0 Å². The molecule has 0 aliphatic rings. The van der Waals surface area contributed by atoms with Crippen molar-refractivity contribution >= 4 is 33.6 Å². The van der Waals surface area contributed by atoms with E-state index >= 15 is 0 Å². The van der Waals surface area contributed by atoms with Crippen molar-refractivity contribution < 1.29 is 75.8 Å². The number of allylic oxidation sites excluding steroid dienone is 20. The standard InChI is InChI=1S/C97H172O16P2/c1-4-7-10-13-16-19-22-25-28-30-32-34-36-38-40-42-43-44-45-46-47-49-51-52-54-56-58-60-63-65-68-71-74-77-80-83-95(100)107-86-92(98)87-109-114(103,104)110-88-93(99)89-111-115(105,106)112-91-94(113-97(102)85-82-79-76-73-70-67-62-27-24-21-18-15-12-9-6-3)90-108-96(101)84-81-78-75-72-69-66-64-61-59-57-55-53-50-48-41-39-37-35-33-31-29-26-23-20-17-14-11-8-5-2/h8,11,16-17,19-20,25-26,28-29,32-35,38-41,50,53,92-94,98-99H,4-7,9-10,12-15,18,21-24,27,30-31,36-37,42-49,51-52,54-91H2,1-3H3,(H,103,104)(H,105,106)/b11-8-,19-16-,20-17-,28-25-,29-26-,34-32-,35-33-,40-38-,41-39-,53-50-. The van der Waals surface area contributed by atoms with E-state index in [-0.39, 0.29) is 19.3 Å². The Morgan fingerprint density at radius 1 is 0.252 bits per heavy atom. The van der Waals surface area contributed by atoms with E-state index in [9.17, 15) is 43.5 Å². The minimum Gasteiger partial charge on any atom is -0.463 e. The molecule has 0 heterocycles. The molecule has 5 unspecified atom stereocenters. The van der Waals surface area contributed by atoms with Crippen molar-refractivity contribution in [2.24, 2.45) is 0 Å². The van der Waals surface area contributed by atoms with Crippen LogP contribution in [0.1, 0.15) is 419 Å². The van der Waals surface area contributed by atoms with Gasteiger partial charge in [-0.05, 0) is 116 Å². The van der Waals surface area contributed by atoms with E-state index in [1.54, 1.807) is 0 Å². The first-order valence-electron chi connectivity index (χ1n) is 46.8. The van der Waals surface area contributed by atoms with Crippen molar-refractivity contribution in [3.05, 3.63) is 122 Å². The maximum atomic E-state index is 13.0. The Balaban J connectivity index is 4.42. The van der Waals surface area contributed by atoms with Crippen LogP contribution in [0.25, 0.3) is 0 Å². The van der Waals surface area contributed by atoms with Gasteiger partial charge in [0.05, 0.1) is 26.4 Å². The Labute approximate surface area is 703 Å². The van der Waals surface area contributed by atoms with Crippen molar-refractivity contribution in [2.45, 2.75) is 437 Å². The Hall–Kier alpha value is -4.05. The summed E-state index contributed by atoms with van der Waals surface area (Å²) in [5.41, 5.74) is 0. The van der Waals surface area contributed by atoms with Gasteiger partial charge in [-0.1, -0.05) is 406 Å². The summed E-state index contributed by atoms with van der Waals surface area (Å²) in [5.74, 6) is -1.56. The van der Waals surface area contributed by atoms with Crippen LogP contribution in [0.4, 0.5) is 0 Å². The van der Waals surface area contributed by atoms with Crippen molar-refractivity contribution in [1.82, 2.24) is 0 Å². The molecular formula is C97H172O16P2. The molecule has 0 rings (SSSR count). The van der Waals surface area contributed by atoms with E-state index in [1.165, 1.54) is 225 Å². The molecule has 666 valence electrons. The molecule has 5 atom stereocenters. The highest BCUT2D eigenvalue weighted by Gasteiger charge is 2.30. The summed E-state index contributed by atoms with van der Waals surface area (Å²) in [4.78, 5) is 58.9. The van der Waals surface area contributed by atoms with E-state index in [4.69, 9.17) is 32.3 Å². The van der Waals surface area contributed by atoms with Crippen LogP contribution in [0.2, 0.25) is 0 Å². The maximum Gasteiger partial charge on any atom is 0.472 e. The number of unbranched alkanes of at least 4 members (excludes halogenated alkanes) is 46. The second-order valence-electron chi connectivity index (χ2n) is 31.4. The van der Waals surface area contributed by atoms with Gasteiger partial charge in [0.15, 0.2) is 6.10 Å². The number of phosphoric acid groups is 2.